The molecule has 0 N–H and O–H groups in total. The van der Waals surface area contributed by atoms with E-state index in [0.717, 1.165) is 21.9 Å². The molecule has 0 bridgehead atoms. The Morgan fingerprint density at radius 3 is 2.05 bits per heavy atom. The van der Waals surface area contributed by atoms with Gasteiger partial charge in [0.25, 0.3) is 11.8 Å². The van der Waals surface area contributed by atoms with Crippen molar-refractivity contribution in [3.63, 3.8) is 0 Å². The highest BCUT2D eigenvalue weighted by Crippen LogP contribution is 2.35. The Balaban J connectivity index is 2.12. The molecule has 0 aliphatic carbocycles. The lowest BCUT2D eigenvalue weighted by Gasteiger charge is -2.24. The first-order chi connectivity index (χ1) is 10.7. The van der Waals surface area contributed by atoms with Crippen molar-refractivity contribution < 1.29 is 9.59 Å². The summed E-state index contributed by atoms with van der Waals surface area (Å²) in [5.74, 6) is -0.485. The van der Waals surface area contributed by atoms with E-state index in [1.54, 1.807) is 6.07 Å². The maximum atomic E-state index is 12.4. The van der Waals surface area contributed by atoms with Gasteiger partial charge in [0, 0.05) is 23.6 Å². The SMILES string of the molecule is CN1C(=O)c2cccc3c(-c4ccccc4)ccc(c23)C1=O. The molecule has 0 fully saturated rings. The van der Waals surface area contributed by atoms with Crippen LogP contribution < -0.4 is 0 Å². The number of rotatable bonds is 1. The fourth-order valence-electron chi connectivity index (χ4n) is 3.09. The Morgan fingerprint density at radius 1 is 0.682 bits per heavy atom. The summed E-state index contributed by atoms with van der Waals surface area (Å²) in [6.45, 7) is 0. The Labute approximate surface area is 127 Å². The highest BCUT2D eigenvalue weighted by Gasteiger charge is 2.30. The standard InChI is InChI=1S/C19H13NO2/c1-20-18(21)15-9-5-8-14-13(12-6-3-2-4-7-12)10-11-16(17(14)15)19(20)22/h2-11H,1H3. The zero-order valence-electron chi connectivity index (χ0n) is 12.0. The number of imide groups is 1. The summed E-state index contributed by atoms with van der Waals surface area (Å²) in [6.07, 6.45) is 0. The Bertz CT molecular complexity index is 907. The van der Waals surface area contributed by atoms with Crippen LogP contribution >= 0.6 is 0 Å². The first-order valence-electron chi connectivity index (χ1n) is 7.12. The Morgan fingerprint density at radius 2 is 1.32 bits per heavy atom. The molecule has 0 radical (unpaired) electrons. The van der Waals surface area contributed by atoms with Crippen LogP contribution in [0.1, 0.15) is 20.7 Å². The lowest BCUT2D eigenvalue weighted by Crippen LogP contribution is -2.36. The Hall–Kier alpha value is -2.94. The first kappa shape index (κ1) is 12.8. The predicted molar refractivity (Wildman–Crippen MR) is 85.8 cm³/mol. The maximum absolute atomic E-state index is 12.4. The minimum atomic E-state index is -0.242. The summed E-state index contributed by atoms with van der Waals surface area (Å²) in [6, 6.07) is 19.4. The second-order valence-corrected chi connectivity index (χ2v) is 5.42. The number of hydrogen-bond acceptors (Lipinski definition) is 2. The van der Waals surface area contributed by atoms with Gasteiger partial charge < -0.3 is 0 Å². The second kappa shape index (κ2) is 4.53. The van der Waals surface area contributed by atoms with E-state index in [1.807, 2.05) is 54.6 Å². The van der Waals surface area contributed by atoms with Gasteiger partial charge in [-0.25, -0.2) is 0 Å². The number of amides is 2. The third kappa shape index (κ3) is 1.62. The Kier molecular flexibility index (Phi) is 2.63. The molecular formula is C19H13NO2. The van der Waals surface area contributed by atoms with E-state index in [0.29, 0.717) is 11.1 Å². The third-order valence-electron chi connectivity index (χ3n) is 4.20. The van der Waals surface area contributed by atoms with Crippen LogP contribution in [-0.2, 0) is 0 Å². The van der Waals surface area contributed by atoms with Crippen molar-refractivity contribution >= 4 is 22.6 Å². The monoisotopic (exact) mass is 287 g/mol. The molecule has 1 aliphatic heterocycles. The fraction of sp³-hybridized carbons (Fsp3) is 0.0526. The molecule has 0 spiro atoms. The maximum Gasteiger partial charge on any atom is 0.261 e. The summed E-state index contributed by atoms with van der Waals surface area (Å²) in [7, 11) is 1.53. The average molecular weight is 287 g/mol. The smallest absolute Gasteiger partial charge is 0.261 e. The van der Waals surface area contributed by atoms with E-state index in [9.17, 15) is 9.59 Å². The van der Waals surface area contributed by atoms with Gasteiger partial charge in [-0.15, -0.1) is 0 Å². The first-order valence-corrected chi connectivity index (χ1v) is 7.12. The van der Waals surface area contributed by atoms with E-state index < -0.39 is 0 Å². The fourth-order valence-corrected chi connectivity index (χ4v) is 3.09. The van der Waals surface area contributed by atoms with Crippen LogP contribution in [0.5, 0.6) is 0 Å². The van der Waals surface area contributed by atoms with Gasteiger partial charge in [-0.2, -0.15) is 0 Å². The van der Waals surface area contributed by atoms with Crippen molar-refractivity contribution in [1.29, 1.82) is 0 Å². The van der Waals surface area contributed by atoms with Crippen LogP contribution in [0.4, 0.5) is 0 Å². The highest BCUT2D eigenvalue weighted by atomic mass is 16.2. The van der Waals surface area contributed by atoms with Crippen LogP contribution in [0.2, 0.25) is 0 Å². The number of carbonyl (C=O) groups is 2. The van der Waals surface area contributed by atoms with Gasteiger partial charge >= 0.3 is 0 Å². The van der Waals surface area contributed by atoms with Crippen LogP contribution in [0.15, 0.2) is 60.7 Å². The van der Waals surface area contributed by atoms with Gasteiger partial charge in [0.15, 0.2) is 0 Å². The molecule has 22 heavy (non-hydrogen) atoms. The summed E-state index contributed by atoms with van der Waals surface area (Å²) in [5, 5.41) is 1.70. The molecule has 3 aromatic carbocycles. The van der Waals surface area contributed by atoms with E-state index >= 15 is 0 Å². The molecule has 0 atom stereocenters. The summed E-state index contributed by atoms with van der Waals surface area (Å²) in [5.41, 5.74) is 3.29. The molecule has 2 amide bonds. The van der Waals surface area contributed by atoms with Gasteiger partial charge in [-0.05, 0) is 28.6 Å². The van der Waals surface area contributed by atoms with E-state index in [1.165, 1.54) is 11.9 Å². The molecule has 3 aromatic rings. The summed E-state index contributed by atoms with van der Waals surface area (Å²) in [4.78, 5) is 25.9. The predicted octanol–water partition coefficient (Wildman–Crippen LogP) is 3.73. The molecule has 4 rings (SSSR count). The molecule has 3 nitrogen and oxygen atoms in total. The van der Waals surface area contributed by atoms with Crippen molar-refractivity contribution in [2.75, 3.05) is 7.05 Å². The van der Waals surface area contributed by atoms with Gasteiger partial charge in [0.2, 0.25) is 0 Å². The van der Waals surface area contributed by atoms with Crippen molar-refractivity contribution in [2.45, 2.75) is 0 Å². The number of carbonyl (C=O) groups excluding carboxylic acids is 2. The number of nitrogens with zero attached hydrogens (tertiary/aromatic N) is 1. The zero-order chi connectivity index (χ0) is 15.3. The number of benzene rings is 3. The van der Waals surface area contributed by atoms with Crippen molar-refractivity contribution in [3.05, 3.63) is 71.8 Å². The van der Waals surface area contributed by atoms with Crippen LogP contribution in [0.25, 0.3) is 21.9 Å². The van der Waals surface area contributed by atoms with Crippen molar-refractivity contribution in [1.82, 2.24) is 4.90 Å². The molecule has 0 aromatic heterocycles. The highest BCUT2D eigenvalue weighted by molar-refractivity contribution is 6.26. The lowest BCUT2D eigenvalue weighted by molar-refractivity contribution is 0.0651. The molecule has 3 heteroatoms. The number of hydrogen-bond donors (Lipinski definition) is 0. The molecular weight excluding hydrogens is 274 g/mol. The van der Waals surface area contributed by atoms with Crippen LogP contribution in [-0.4, -0.2) is 23.8 Å². The molecule has 1 aliphatic rings. The van der Waals surface area contributed by atoms with E-state index in [4.69, 9.17) is 0 Å². The van der Waals surface area contributed by atoms with E-state index in [2.05, 4.69) is 0 Å². The van der Waals surface area contributed by atoms with Crippen molar-refractivity contribution in [2.24, 2.45) is 0 Å². The molecule has 0 saturated heterocycles. The normalized spacial score (nSPS) is 13.8. The molecule has 0 saturated carbocycles. The topological polar surface area (TPSA) is 37.4 Å². The van der Waals surface area contributed by atoms with Crippen LogP contribution in [0, 0.1) is 0 Å². The lowest BCUT2D eigenvalue weighted by atomic mass is 9.89. The van der Waals surface area contributed by atoms with Gasteiger partial charge in [-0.1, -0.05) is 48.5 Å². The van der Waals surface area contributed by atoms with Gasteiger partial charge in [0.05, 0.1) is 0 Å². The third-order valence-corrected chi connectivity index (χ3v) is 4.20. The second-order valence-electron chi connectivity index (χ2n) is 5.42. The minimum Gasteiger partial charge on any atom is -0.277 e. The van der Waals surface area contributed by atoms with Crippen LogP contribution in [0.3, 0.4) is 0 Å². The largest absolute Gasteiger partial charge is 0.277 e. The van der Waals surface area contributed by atoms with Crippen molar-refractivity contribution in [3.8, 4) is 11.1 Å². The molecule has 106 valence electrons. The molecule has 1 heterocycles. The summed E-state index contributed by atoms with van der Waals surface area (Å²) >= 11 is 0. The van der Waals surface area contributed by atoms with Gasteiger partial charge in [-0.3, -0.25) is 14.5 Å². The zero-order valence-corrected chi connectivity index (χ0v) is 12.0. The van der Waals surface area contributed by atoms with E-state index in [-0.39, 0.29) is 11.8 Å². The summed E-state index contributed by atoms with van der Waals surface area (Å²) < 4.78 is 0. The average Bonchev–Trinajstić information content (AvgIpc) is 2.58. The van der Waals surface area contributed by atoms with Gasteiger partial charge in [0.1, 0.15) is 0 Å². The minimum absolute atomic E-state index is 0.242. The molecule has 0 unspecified atom stereocenters. The quantitative estimate of drug-likeness (QED) is 0.639.